The van der Waals surface area contributed by atoms with Crippen LogP contribution in [0.15, 0.2) is 86.2 Å². The molecular weight excluding hydrogens is 778 g/mol. The van der Waals surface area contributed by atoms with E-state index in [4.69, 9.17) is 46.4 Å². The number of aliphatic hydroxyl groups is 1. The molecule has 54 heavy (non-hydrogen) atoms. The molecule has 0 amide bonds. The van der Waals surface area contributed by atoms with E-state index in [1.807, 2.05) is 13.8 Å². The predicted molar refractivity (Wildman–Crippen MR) is 215 cm³/mol. The van der Waals surface area contributed by atoms with Crippen LogP contribution >= 0.6 is 46.4 Å². The molecule has 4 heterocycles. The molecule has 0 radical (unpaired) electrons. The number of pyridine rings is 2. The number of aryl methyl sites for hydroxylation is 2. The van der Waals surface area contributed by atoms with Crippen molar-refractivity contribution in [2.45, 2.75) is 58.7 Å². The summed E-state index contributed by atoms with van der Waals surface area (Å²) in [6, 6.07) is 14.8. The Balaban J connectivity index is 0.000000205. The summed E-state index contributed by atoms with van der Waals surface area (Å²) < 4.78 is 5.21. The third-order valence-corrected chi connectivity index (χ3v) is 9.54. The topological polar surface area (TPSA) is 151 Å². The van der Waals surface area contributed by atoms with E-state index in [9.17, 15) is 29.1 Å². The second-order valence-electron chi connectivity index (χ2n) is 12.2. The summed E-state index contributed by atoms with van der Waals surface area (Å²) in [5.41, 5.74) is 0.666. The summed E-state index contributed by atoms with van der Waals surface area (Å²) in [5.74, 6) is 0. The average Bonchev–Trinajstić information content (AvgIpc) is 3.17. The van der Waals surface area contributed by atoms with Gasteiger partial charge in [0.2, 0.25) is 0 Å². The molecule has 284 valence electrons. The van der Waals surface area contributed by atoms with Crippen LogP contribution in [0.1, 0.15) is 67.1 Å². The fourth-order valence-corrected chi connectivity index (χ4v) is 6.14. The Morgan fingerprint density at radius 1 is 0.722 bits per heavy atom. The number of halogens is 4. The minimum Gasteiger partial charge on any atom is -0.384 e. The number of aliphatic hydroxyl groups excluding tert-OH is 1. The summed E-state index contributed by atoms with van der Waals surface area (Å²) in [6.45, 7) is 4.72. The first kappa shape index (κ1) is 42.2. The van der Waals surface area contributed by atoms with Crippen LogP contribution in [0.3, 0.4) is 0 Å². The Kier molecular flexibility index (Phi) is 14.9. The first-order valence-corrected chi connectivity index (χ1v) is 18.4. The van der Waals surface area contributed by atoms with Crippen LogP contribution in [-0.2, 0) is 27.2 Å². The molecule has 12 nitrogen and oxygen atoms in total. The van der Waals surface area contributed by atoms with E-state index >= 15 is 0 Å². The van der Waals surface area contributed by atoms with Gasteiger partial charge >= 0.3 is 11.4 Å². The van der Waals surface area contributed by atoms with E-state index in [0.717, 1.165) is 25.5 Å². The Labute approximate surface area is 329 Å². The Bertz CT molecular complexity index is 2510. The molecule has 1 atom stereocenters. The quantitative estimate of drug-likeness (QED) is 0.121. The van der Waals surface area contributed by atoms with Gasteiger partial charge in [0.15, 0.2) is 0 Å². The van der Waals surface area contributed by atoms with Crippen molar-refractivity contribution in [2.24, 2.45) is 14.1 Å². The number of fused-ring (bicyclic) bond motifs is 2. The van der Waals surface area contributed by atoms with Crippen LogP contribution < -0.4 is 22.5 Å². The third kappa shape index (κ3) is 9.55. The number of aromatic nitrogens is 6. The van der Waals surface area contributed by atoms with Crippen LogP contribution in [0, 0.1) is 0 Å². The van der Waals surface area contributed by atoms with E-state index in [-0.39, 0.29) is 32.5 Å². The van der Waals surface area contributed by atoms with Gasteiger partial charge in [-0.05, 0) is 48.7 Å². The summed E-state index contributed by atoms with van der Waals surface area (Å²) in [4.78, 5) is 68.0. The van der Waals surface area contributed by atoms with E-state index in [1.54, 1.807) is 62.6 Å². The van der Waals surface area contributed by atoms with Crippen molar-refractivity contribution >= 4 is 74.5 Å². The Hall–Kier alpha value is -4.59. The van der Waals surface area contributed by atoms with Gasteiger partial charge in [-0.2, -0.15) is 0 Å². The van der Waals surface area contributed by atoms with Gasteiger partial charge in [-0.25, -0.2) is 19.6 Å². The fraction of sp³-hybridized carbons (Fsp3) is 0.289. The summed E-state index contributed by atoms with van der Waals surface area (Å²) in [5, 5.41) is 13.0. The van der Waals surface area contributed by atoms with Gasteiger partial charge in [-0.1, -0.05) is 97.4 Å². The zero-order valence-electron chi connectivity index (χ0n) is 29.9. The molecule has 0 aliphatic rings. The first-order chi connectivity index (χ1) is 25.7. The smallest absolute Gasteiger partial charge is 0.331 e. The van der Waals surface area contributed by atoms with Gasteiger partial charge in [0.1, 0.15) is 22.7 Å². The van der Waals surface area contributed by atoms with Crippen LogP contribution in [0.5, 0.6) is 0 Å². The number of carbonyl (C=O) groups is 1. The van der Waals surface area contributed by atoms with E-state index in [1.165, 1.54) is 36.7 Å². The minimum atomic E-state index is -1.18. The number of unbranched alkanes of at least 4 members (excludes halogenated alkanes) is 2. The van der Waals surface area contributed by atoms with Crippen molar-refractivity contribution in [2.75, 3.05) is 0 Å². The van der Waals surface area contributed by atoms with Gasteiger partial charge in [0, 0.05) is 48.4 Å². The van der Waals surface area contributed by atoms with Gasteiger partial charge in [-0.3, -0.25) is 32.7 Å². The SMILES string of the molecule is CCCCn1c(=O)c2c(C(O)c3ccc(Cl)cc3)c(Cl)ncc2n(C)c1=O.CCCCn1c(=O)c2cc(Cl)ncc2n(C)c1=O.O=Cc1ccc(Cl)cc1. The Morgan fingerprint density at radius 2 is 1.22 bits per heavy atom. The molecule has 1 unspecified atom stereocenters. The molecule has 0 saturated carbocycles. The van der Waals surface area contributed by atoms with Crippen molar-refractivity contribution < 1.29 is 9.90 Å². The highest BCUT2D eigenvalue weighted by Crippen LogP contribution is 2.32. The van der Waals surface area contributed by atoms with Gasteiger partial charge in [0.05, 0.1) is 34.2 Å². The molecule has 6 rings (SSSR count). The van der Waals surface area contributed by atoms with Crippen LogP contribution in [0.2, 0.25) is 20.4 Å². The molecule has 0 bridgehead atoms. The van der Waals surface area contributed by atoms with Crippen molar-refractivity contribution in [1.82, 2.24) is 28.2 Å². The largest absolute Gasteiger partial charge is 0.384 e. The van der Waals surface area contributed by atoms with Crippen molar-refractivity contribution in [1.29, 1.82) is 0 Å². The predicted octanol–water partition coefficient (Wildman–Crippen LogP) is 6.99. The minimum absolute atomic E-state index is 0.0164. The standard InChI is InChI=1S/C19H19Cl2N3O3.C12H14ClN3O2.C7H5ClO/c1-3-4-9-24-18(26)14-13(23(2)19(24)27)10-22-17(21)15(14)16(25)11-5-7-12(20)8-6-11;1-3-4-5-16-11(17)8-6-10(13)14-7-9(8)15(2)12(16)18;8-7-3-1-6(5-9)2-4-7/h5-8,10,16,25H,3-4,9H2,1-2H3;6-7H,3-5H2,1-2H3;1-5H. The molecule has 0 aliphatic carbocycles. The van der Waals surface area contributed by atoms with Gasteiger partial charge in [-0.15, -0.1) is 0 Å². The lowest BCUT2D eigenvalue weighted by atomic mass is 10.00. The van der Waals surface area contributed by atoms with Crippen LogP contribution in [0.4, 0.5) is 0 Å². The van der Waals surface area contributed by atoms with Crippen molar-refractivity contribution in [3.63, 3.8) is 0 Å². The summed E-state index contributed by atoms with van der Waals surface area (Å²) in [6.07, 6.45) is 5.67. The summed E-state index contributed by atoms with van der Waals surface area (Å²) >= 11 is 23.5. The van der Waals surface area contributed by atoms with Crippen molar-refractivity contribution in [3.8, 4) is 0 Å². The molecule has 0 spiro atoms. The maximum atomic E-state index is 13.1. The van der Waals surface area contributed by atoms with Gasteiger partial charge < -0.3 is 5.11 Å². The molecular formula is C38H38Cl4N6O6. The fourth-order valence-electron chi connectivity index (χ4n) is 5.49. The summed E-state index contributed by atoms with van der Waals surface area (Å²) in [7, 11) is 3.20. The van der Waals surface area contributed by atoms with E-state index in [0.29, 0.717) is 57.1 Å². The molecule has 0 aliphatic heterocycles. The van der Waals surface area contributed by atoms with E-state index < -0.39 is 17.4 Å². The lowest BCUT2D eigenvalue weighted by molar-refractivity contribution is 0.112. The number of hydrogen-bond donors (Lipinski definition) is 1. The number of hydrogen-bond acceptors (Lipinski definition) is 8. The molecule has 1 N–H and O–H groups in total. The zero-order valence-corrected chi connectivity index (χ0v) is 33.0. The second-order valence-corrected chi connectivity index (χ2v) is 13.8. The molecule has 6 aromatic rings. The van der Waals surface area contributed by atoms with Crippen LogP contribution in [-0.4, -0.2) is 39.6 Å². The molecule has 16 heteroatoms. The molecule has 0 fully saturated rings. The third-order valence-electron chi connectivity index (χ3n) is 8.53. The number of rotatable bonds is 9. The lowest BCUT2D eigenvalue weighted by Gasteiger charge is -2.17. The van der Waals surface area contributed by atoms with Crippen LogP contribution in [0.25, 0.3) is 21.8 Å². The highest BCUT2D eigenvalue weighted by atomic mass is 35.5. The highest BCUT2D eigenvalue weighted by molar-refractivity contribution is 6.31. The van der Waals surface area contributed by atoms with Crippen molar-refractivity contribution in [3.05, 3.63) is 146 Å². The molecule has 4 aromatic heterocycles. The highest BCUT2D eigenvalue weighted by Gasteiger charge is 2.23. The maximum absolute atomic E-state index is 13.1. The number of carbonyl (C=O) groups excluding carboxylic acids is 1. The monoisotopic (exact) mass is 814 g/mol. The maximum Gasteiger partial charge on any atom is 0.331 e. The Morgan fingerprint density at radius 3 is 1.76 bits per heavy atom. The van der Waals surface area contributed by atoms with Gasteiger partial charge in [0.25, 0.3) is 11.1 Å². The molecule has 0 saturated heterocycles. The lowest BCUT2D eigenvalue weighted by Crippen LogP contribution is -2.39. The van der Waals surface area contributed by atoms with E-state index in [2.05, 4.69) is 9.97 Å². The average molecular weight is 817 g/mol. The number of nitrogens with zero attached hydrogens (tertiary/aromatic N) is 6. The zero-order chi connectivity index (χ0) is 39.7. The molecule has 2 aromatic carbocycles. The number of benzene rings is 2. The second kappa shape index (κ2) is 19.1. The first-order valence-electron chi connectivity index (χ1n) is 16.9. The normalized spacial score (nSPS) is 11.4. The number of aldehydes is 1.